The summed E-state index contributed by atoms with van der Waals surface area (Å²) in [6, 6.07) is 11.7. The fourth-order valence-corrected chi connectivity index (χ4v) is 2.38. The molecule has 0 spiro atoms. The molecule has 0 aliphatic heterocycles. The summed E-state index contributed by atoms with van der Waals surface area (Å²) in [5.74, 6) is -1.82. The average molecular weight is 426 g/mol. The maximum atomic E-state index is 12.2. The standard InChI is InChI=1S/C23H26N2O6/c1-14(2)13-30-22(28)18-9-5-16(6-10-18)20(26)24-25-21(27)17-7-11-19(12-8-17)23(29)31-15(3)4/h5-12,14-15H,13H2,1-4H3,(H,24,26)(H,25,27). The van der Waals surface area contributed by atoms with Crippen LogP contribution < -0.4 is 10.9 Å². The maximum absolute atomic E-state index is 12.2. The molecule has 0 atom stereocenters. The van der Waals surface area contributed by atoms with Crippen molar-refractivity contribution in [1.29, 1.82) is 0 Å². The van der Waals surface area contributed by atoms with Crippen LogP contribution in [-0.2, 0) is 9.47 Å². The Kier molecular flexibility index (Phi) is 8.31. The summed E-state index contributed by atoms with van der Waals surface area (Å²) in [6.07, 6.45) is -0.245. The molecule has 8 heteroatoms. The number of rotatable bonds is 7. The van der Waals surface area contributed by atoms with E-state index in [-0.39, 0.29) is 23.1 Å². The van der Waals surface area contributed by atoms with Gasteiger partial charge in [0.2, 0.25) is 0 Å². The minimum atomic E-state index is -0.550. The molecule has 0 aromatic heterocycles. The highest BCUT2D eigenvalue weighted by Gasteiger charge is 2.13. The van der Waals surface area contributed by atoms with Gasteiger partial charge in [0.1, 0.15) is 0 Å². The SMILES string of the molecule is CC(C)COC(=O)c1ccc(C(=O)NNC(=O)c2ccc(C(=O)OC(C)C)cc2)cc1. The first-order valence-corrected chi connectivity index (χ1v) is 9.86. The molecule has 2 aromatic carbocycles. The topological polar surface area (TPSA) is 111 Å². The monoisotopic (exact) mass is 426 g/mol. The molecule has 0 fully saturated rings. The van der Waals surface area contributed by atoms with Crippen molar-refractivity contribution in [2.24, 2.45) is 5.92 Å². The quantitative estimate of drug-likeness (QED) is 0.520. The Labute approximate surface area is 180 Å². The zero-order chi connectivity index (χ0) is 23.0. The molecule has 0 saturated heterocycles. The van der Waals surface area contributed by atoms with Crippen molar-refractivity contribution >= 4 is 23.8 Å². The number of carbonyl (C=O) groups is 4. The third kappa shape index (κ3) is 7.26. The summed E-state index contributed by atoms with van der Waals surface area (Å²) in [7, 11) is 0. The van der Waals surface area contributed by atoms with Gasteiger partial charge in [-0.25, -0.2) is 9.59 Å². The first kappa shape index (κ1) is 23.6. The molecular formula is C23H26N2O6. The normalized spacial score (nSPS) is 10.5. The van der Waals surface area contributed by atoms with Crippen LogP contribution in [-0.4, -0.2) is 36.5 Å². The van der Waals surface area contributed by atoms with Gasteiger partial charge in [-0.3, -0.25) is 20.4 Å². The molecule has 164 valence electrons. The van der Waals surface area contributed by atoms with E-state index in [9.17, 15) is 19.2 Å². The largest absolute Gasteiger partial charge is 0.462 e. The third-order valence-electron chi connectivity index (χ3n) is 3.95. The molecule has 0 aliphatic rings. The predicted molar refractivity (Wildman–Crippen MR) is 113 cm³/mol. The summed E-state index contributed by atoms with van der Waals surface area (Å²) in [6.45, 7) is 7.67. The van der Waals surface area contributed by atoms with Crippen molar-refractivity contribution in [3.63, 3.8) is 0 Å². The number of carbonyl (C=O) groups excluding carboxylic acids is 4. The summed E-state index contributed by atoms with van der Waals surface area (Å²) in [4.78, 5) is 48.2. The second-order valence-corrected chi connectivity index (χ2v) is 7.51. The van der Waals surface area contributed by atoms with Gasteiger partial charge >= 0.3 is 11.9 Å². The zero-order valence-electron chi connectivity index (χ0n) is 17.9. The second-order valence-electron chi connectivity index (χ2n) is 7.51. The fraction of sp³-hybridized carbons (Fsp3) is 0.304. The average Bonchev–Trinajstić information content (AvgIpc) is 2.75. The number of hydrogen-bond donors (Lipinski definition) is 2. The molecule has 0 radical (unpaired) electrons. The van der Waals surface area contributed by atoms with Gasteiger partial charge in [-0.15, -0.1) is 0 Å². The molecule has 0 saturated carbocycles. The van der Waals surface area contributed by atoms with Crippen LogP contribution in [0.1, 0.15) is 69.1 Å². The van der Waals surface area contributed by atoms with Gasteiger partial charge in [0.05, 0.1) is 23.8 Å². The minimum absolute atomic E-state index is 0.225. The first-order valence-electron chi connectivity index (χ1n) is 9.86. The smallest absolute Gasteiger partial charge is 0.338 e. The Morgan fingerprint density at radius 3 is 1.45 bits per heavy atom. The maximum Gasteiger partial charge on any atom is 0.338 e. The Hall–Kier alpha value is -3.68. The lowest BCUT2D eigenvalue weighted by molar-refractivity contribution is 0.0376. The number of benzene rings is 2. The van der Waals surface area contributed by atoms with E-state index in [1.54, 1.807) is 13.8 Å². The van der Waals surface area contributed by atoms with Gasteiger partial charge < -0.3 is 9.47 Å². The molecule has 2 amide bonds. The molecular weight excluding hydrogens is 400 g/mol. The number of hydrazine groups is 1. The number of esters is 2. The molecule has 2 aromatic rings. The van der Waals surface area contributed by atoms with Crippen molar-refractivity contribution in [3.05, 3.63) is 70.8 Å². The lowest BCUT2D eigenvalue weighted by Crippen LogP contribution is -2.41. The second kappa shape index (κ2) is 10.9. The van der Waals surface area contributed by atoms with Gasteiger partial charge in [0.25, 0.3) is 11.8 Å². The van der Waals surface area contributed by atoms with Gasteiger partial charge in [-0.1, -0.05) is 13.8 Å². The van der Waals surface area contributed by atoms with Crippen LogP contribution in [0.5, 0.6) is 0 Å². The Balaban J connectivity index is 1.89. The Bertz CT molecular complexity index is 934. The van der Waals surface area contributed by atoms with Crippen molar-refractivity contribution in [2.45, 2.75) is 33.8 Å². The number of amides is 2. The van der Waals surface area contributed by atoms with Crippen molar-refractivity contribution in [2.75, 3.05) is 6.61 Å². The molecule has 0 heterocycles. The van der Waals surface area contributed by atoms with Crippen LogP contribution in [0.15, 0.2) is 48.5 Å². The van der Waals surface area contributed by atoms with Crippen LogP contribution in [0.2, 0.25) is 0 Å². The third-order valence-corrected chi connectivity index (χ3v) is 3.95. The van der Waals surface area contributed by atoms with E-state index in [1.807, 2.05) is 13.8 Å². The minimum Gasteiger partial charge on any atom is -0.462 e. The van der Waals surface area contributed by atoms with Crippen LogP contribution in [0.3, 0.4) is 0 Å². The first-order chi connectivity index (χ1) is 14.7. The van der Waals surface area contributed by atoms with E-state index in [1.165, 1.54) is 48.5 Å². The predicted octanol–water partition coefficient (Wildman–Crippen LogP) is 3.14. The summed E-state index contributed by atoms with van der Waals surface area (Å²) in [5, 5.41) is 0. The molecule has 0 aliphatic carbocycles. The van der Waals surface area contributed by atoms with E-state index in [4.69, 9.17) is 9.47 Å². The van der Waals surface area contributed by atoms with Crippen LogP contribution in [0.4, 0.5) is 0 Å². The summed E-state index contributed by atoms with van der Waals surface area (Å²) < 4.78 is 10.2. The van der Waals surface area contributed by atoms with Gasteiger partial charge in [-0.05, 0) is 68.3 Å². The highest BCUT2D eigenvalue weighted by atomic mass is 16.5. The Morgan fingerprint density at radius 1 is 0.677 bits per heavy atom. The molecule has 0 unspecified atom stereocenters. The highest BCUT2D eigenvalue weighted by molar-refractivity contribution is 6.00. The molecule has 2 N–H and O–H groups in total. The number of hydrogen-bond acceptors (Lipinski definition) is 6. The lowest BCUT2D eigenvalue weighted by Gasteiger charge is -2.10. The Morgan fingerprint density at radius 2 is 1.06 bits per heavy atom. The van der Waals surface area contributed by atoms with Crippen molar-refractivity contribution in [1.82, 2.24) is 10.9 Å². The molecule has 8 nitrogen and oxygen atoms in total. The molecule has 0 bridgehead atoms. The highest BCUT2D eigenvalue weighted by Crippen LogP contribution is 2.09. The van der Waals surface area contributed by atoms with E-state index in [2.05, 4.69) is 10.9 Å². The van der Waals surface area contributed by atoms with Gasteiger partial charge in [-0.2, -0.15) is 0 Å². The van der Waals surface area contributed by atoms with Crippen LogP contribution in [0.25, 0.3) is 0 Å². The van der Waals surface area contributed by atoms with E-state index in [0.717, 1.165) is 0 Å². The van der Waals surface area contributed by atoms with E-state index in [0.29, 0.717) is 17.7 Å². The fourth-order valence-electron chi connectivity index (χ4n) is 2.38. The van der Waals surface area contributed by atoms with Crippen LogP contribution >= 0.6 is 0 Å². The van der Waals surface area contributed by atoms with E-state index < -0.39 is 23.8 Å². The van der Waals surface area contributed by atoms with Crippen molar-refractivity contribution < 1.29 is 28.7 Å². The summed E-state index contributed by atoms with van der Waals surface area (Å²) in [5.41, 5.74) is 5.77. The number of ether oxygens (including phenoxy) is 2. The van der Waals surface area contributed by atoms with E-state index >= 15 is 0 Å². The molecule has 2 rings (SSSR count). The van der Waals surface area contributed by atoms with Gasteiger partial charge in [0, 0.05) is 11.1 Å². The zero-order valence-corrected chi connectivity index (χ0v) is 17.9. The lowest BCUT2D eigenvalue weighted by atomic mass is 10.1. The van der Waals surface area contributed by atoms with Crippen molar-refractivity contribution in [3.8, 4) is 0 Å². The number of nitrogens with one attached hydrogen (secondary N) is 2. The van der Waals surface area contributed by atoms with Gasteiger partial charge in [0.15, 0.2) is 0 Å². The van der Waals surface area contributed by atoms with Crippen LogP contribution in [0, 0.1) is 5.92 Å². The summed E-state index contributed by atoms with van der Waals surface area (Å²) >= 11 is 0. The molecule has 31 heavy (non-hydrogen) atoms.